The van der Waals surface area contributed by atoms with Gasteiger partial charge in [-0.05, 0) is 31.9 Å². The Morgan fingerprint density at radius 3 is 2.80 bits per heavy atom. The molecule has 0 amide bonds. The molecular weight excluding hydrogens is 262 g/mol. The fourth-order valence-electron chi connectivity index (χ4n) is 2.08. The van der Waals surface area contributed by atoms with E-state index in [1.807, 2.05) is 11.9 Å². The van der Waals surface area contributed by atoms with E-state index < -0.39 is 17.7 Å². The van der Waals surface area contributed by atoms with Crippen molar-refractivity contribution < 1.29 is 13.5 Å². The van der Waals surface area contributed by atoms with Crippen LogP contribution in [-0.2, 0) is 4.74 Å². The van der Waals surface area contributed by atoms with Crippen molar-refractivity contribution in [3.63, 3.8) is 0 Å². The summed E-state index contributed by atoms with van der Waals surface area (Å²) in [6, 6.07) is 3.04. The molecule has 0 spiro atoms. The van der Waals surface area contributed by atoms with Crippen LogP contribution in [0.2, 0.25) is 0 Å². The lowest BCUT2D eigenvalue weighted by Gasteiger charge is -2.21. The Morgan fingerprint density at radius 1 is 1.40 bits per heavy atom. The van der Waals surface area contributed by atoms with Gasteiger partial charge in [-0.1, -0.05) is 6.07 Å². The second kappa shape index (κ2) is 7.11. The minimum Gasteiger partial charge on any atom is -0.380 e. The Morgan fingerprint density at radius 2 is 2.15 bits per heavy atom. The van der Waals surface area contributed by atoms with E-state index in [9.17, 15) is 8.78 Å². The number of nitrogens with zero attached hydrogens (tertiary/aromatic N) is 1. The largest absolute Gasteiger partial charge is 0.380 e. The first-order chi connectivity index (χ1) is 9.56. The first-order valence-electron chi connectivity index (χ1n) is 7.03. The number of halogens is 2. The fraction of sp³-hybridized carbons (Fsp3) is 0.600. The third kappa shape index (κ3) is 4.81. The molecule has 1 aliphatic rings. The molecule has 1 aromatic carbocycles. The standard InChI is InChI=1S/C15H22F2N2O/c1-19(6-7-20-10-11-2-3-11)9-15(18)13-5-4-12(16)8-14(13)17/h4-5,8,11,15H,2-3,6-7,9-10,18H2,1H3. The molecule has 1 aliphatic carbocycles. The first kappa shape index (κ1) is 15.4. The molecule has 0 heterocycles. The van der Waals surface area contributed by atoms with Gasteiger partial charge >= 0.3 is 0 Å². The molecule has 112 valence electrons. The Balaban J connectivity index is 1.72. The second-order valence-corrected chi connectivity index (χ2v) is 5.55. The van der Waals surface area contributed by atoms with E-state index in [4.69, 9.17) is 10.5 Å². The van der Waals surface area contributed by atoms with Crippen molar-refractivity contribution in [3.05, 3.63) is 35.4 Å². The van der Waals surface area contributed by atoms with Gasteiger partial charge in [0.2, 0.25) is 0 Å². The van der Waals surface area contributed by atoms with Crippen LogP contribution < -0.4 is 5.73 Å². The molecule has 3 nitrogen and oxygen atoms in total. The Labute approximate surface area is 118 Å². The van der Waals surface area contributed by atoms with Crippen LogP contribution in [0.15, 0.2) is 18.2 Å². The zero-order chi connectivity index (χ0) is 14.5. The molecule has 1 saturated carbocycles. The molecule has 0 bridgehead atoms. The van der Waals surface area contributed by atoms with Crippen molar-refractivity contribution in [2.24, 2.45) is 11.7 Å². The summed E-state index contributed by atoms with van der Waals surface area (Å²) in [7, 11) is 1.92. The van der Waals surface area contributed by atoms with Crippen molar-refractivity contribution in [3.8, 4) is 0 Å². The molecule has 1 fully saturated rings. The second-order valence-electron chi connectivity index (χ2n) is 5.55. The highest BCUT2D eigenvalue weighted by molar-refractivity contribution is 5.22. The average molecular weight is 284 g/mol. The SMILES string of the molecule is CN(CCOCC1CC1)CC(N)c1ccc(F)cc1F. The summed E-state index contributed by atoms with van der Waals surface area (Å²) in [6.07, 6.45) is 2.56. The molecular formula is C15H22F2N2O. The lowest BCUT2D eigenvalue weighted by molar-refractivity contribution is 0.102. The number of nitrogens with two attached hydrogens (primary N) is 1. The van der Waals surface area contributed by atoms with E-state index in [0.717, 1.165) is 25.1 Å². The topological polar surface area (TPSA) is 38.5 Å². The molecule has 1 unspecified atom stereocenters. The smallest absolute Gasteiger partial charge is 0.130 e. The van der Waals surface area contributed by atoms with Crippen LogP contribution in [0.4, 0.5) is 8.78 Å². The molecule has 5 heteroatoms. The molecule has 0 radical (unpaired) electrons. The van der Waals surface area contributed by atoms with Gasteiger partial charge in [-0.25, -0.2) is 8.78 Å². The third-order valence-corrected chi connectivity index (χ3v) is 3.54. The summed E-state index contributed by atoms with van der Waals surface area (Å²) in [5.41, 5.74) is 6.31. The normalized spacial score (nSPS) is 16.6. The molecule has 0 aromatic heterocycles. The monoisotopic (exact) mass is 284 g/mol. The number of hydrogen-bond donors (Lipinski definition) is 1. The molecule has 1 atom stereocenters. The Hall–Kier alpha value is -1.04. The van der Waals surface area contributed by atoms with Crippen molar-refractivity contribution in [2.45, 2.75) is 18.9 Å². The van der Waals surface area contributed by atoms with E-state index >= 15 is 0 Å². The van der Waals surface area contributed by atoms with Crippen LogP contribution in [0.25, 0.3) is 0 Å². The summed E-state index contributed by atoms with van der Waals surface area (Å²) in [5.74, 6) is -0.410. The van der Waals surface area contributed by atoms with Gasteiger partial charge in [0.15, 0.2) is 0 Å². The fourth-order valence-corrected chi connectivity index (χ4v) is 2.08. The summed E-state index contributed by atoms with van der Waals surface area (Å²) >= 11 is 0. The summed E-state index contributed by atoms with van der Waals surface area (Å²) < 4.78 is 32.0. The van der Waals surface area contributed by atoms with Gasteiger partial charge in [0, 0.05) is 37.4 Å². The van der Waals surface area contributed by atoms with E-state index in [1.54, 1.807) is 0 Å². The van der Waals surface area contributed by atoms with Crippen molar-refractivity contribution in [1.82, 2.24) is 4.90 Å². The number of hydrogen-bond acceptors (Lipinski definition) is 3. The molecule has 0 saturated heterocycles. The molecule has 2 N–H and O–H groups in total. The van der Waals surface area contributed by atoms with E-state index in [2.05, 4.69) is 0 Å². The zero-order valence-corrected chi connectivity index (χ0v) is 11.8. The quantitative estimate of drug-likeness (QED) is 0.745. The minimum absolute atomic E-state index is 0.345. The molecule has 2 rings (SSSR count). The van der Waals surface area contributed by atoms with Crippen molar-refractivity contribution in [1.29, 1.82) is 0 Å². The average Bonchev–Trinajstić information content (AvgIpc) is 3.18. The lowest BCUT2D eigenvalue weighted by atomic mass is 10.1. The Bertz CT molecular complexity index is 438. The van der Waals surface area contributed by atoms with Crippen LogP contribution >= 0.6 is 0 Å². The highest BCUT2D eigenvalue weighted by Crippen LogP contribution is 2.28. The third-order valence-electron chi connectivity index (χ3n) is 3.54. The maximum Gasteiger partial charge on any atom is 0.130 e. The van der Waals surface area contributed by atoms with Gasteiger partial charge in [-0.15, -0.1) is 0 Å². The molecule has 0 aliphatic heterocycles. The summed E-state index contributed by atoms with van der Waals surface area (Å²) in [4.78, 5) is 2.00. The van der Waals surface area contributed by atoms with Crippen LogP contribution in [0, 0.1) is 17.6 Å². The van der Waals surface area contributed by atoms with Gasteiger partial charge in [0.05, 0.1) is 6.61 Å². The van der Waals surface area contributed by atoms with Gasteiger partial charge < -0.3 is 15.4 Å². The summed E-state index contributed by atoms with van der Waals surface area (Å²) in [5, 5.41) is 0. The zero-order valence-electron chi connectivity index (χ0n) is 11.8. The highest BCUT2D eigenvalue weighted by Gasteiger charge is 2.21. The van der Waals surface area contributed by atoms with Gasteiger partial charge in [-0.2, -0.15) is 0 Å². The molecule has 20 heavy (non-hydrogen) atoms. The summed E-state index contributed by atoms with van der Waals surface area (Å²) in [6.45, 7) is 2.76. The van der Waals surface area contributed by atoms with E-state index in [0.29, 0.717) is 18.7 Å². The highest BCUT2D eigenvalue weighted by atomic mass is 19.1. The maximum absolute atomic E-state index is 13.6. The van der Waals surface area contributed by atoms with E-state index in [-0.39, 0.29) is 0 Å². The number of benzene rings is 1. The van der Waals surface area contributed by atoms with Crippen LogP contribution in [0.5, 0.6) is 0 Å². The van der Waals surface area contributed by atoms with Gasteiger partial charge in [0.1, 0.15) is 11.6 Å². The lowest BCUT2D eigenvalue weighted by Crippen LogP contribution is -2.32. The first-order valence-corrected chi connectivity index (χ1v) is 7.03. The minimum atomic E-state index is -0.587. The predicted molar refractivity (Wildman–Crippen MR) is 74.3 cm³/mol. The molecule has 1 aromatic rings. The number of rotatable bonds is 8. The van der Waals surface area contributed by atoms with Gasteiger partial charge in [0.25, 0.3) is 0 Å². The van der Waals surface area contributed by atoms with Gasteiger partial charge in [-0.3, -0.25) is 0 Å². The van der Waals surface area contributed by atoms with E-state index in [1.165, 1.54) is 25.0 Å². The number of likely N-dealkylation sites (N-methyl/N-ethyl adjacent to an activating group) is 1. The van der Waals surface area contributed by atoms with Crippen LogP contribution in [0.3, 0.4) is 0 Å². The van der Waals surface area contributed by atoms with Crippen molar-refractivity contribution in [2.75, 3.05) is 33.4 Å². The predicted octanol–water partition coefficient (Wildman–Crippen LogP) is 2.32. The maximum atomic E-state index is 13.6. The van der Waals surface area contributed by atoms with Crippen LogP contribution in [-0.4, -0.2) is 38.3 Å². The van der Waals surface area contributed by atoms with Crippen LogP contribution in [0.1, 0.15) is 24.4 Å². The number of ether oxygens (including phenoxy) is 1. The Kier molecular flexibility index (Phi) is 5.46. The van der Waals surface area contributed by atoms with Crippen molar-refractivity contribution >= 4 is 0 Å².